The van der Waals surface area contributed by atoms with Crippen LogP contribution >= 0.6 is 0 Å². The molecule has 1 aliphatic carbocycles. The lowest BCUT2D eigenvalue weighted by atomic mass is 9.77. The third-order valence-corrected chi connectivity index (χ3v) is 5.35. The highest BCUT2D eigenvalue weighted by Gasteiger charge is 2.34. The minimum Gasteiger partial charge on any atom is -0.493 e. The van der Waals surface area contributed by atoms with Crippen LogP contribution in [-0.4, -0.2) is 38.3 Å². The number of benzene rings is 1. The highest BCUT2D eigenvalue weighted by atomic mass is 16.5. The number of likely N-dealkylation sites (tertiary alicyclic amines) is 1. The zero-order valence-corrected chi connectivity index (χ0v) is 14.5. The number of methoxy groups -OCH3 is 1. The van der Waals surface area contributed by atoms with E-state index in [9.17, 15) is 0 Å². The number of rotatable bonds is 4. The van der Waals surface area contributed by atoms with Crippen molar-refractivity contribution >= 4 is 0 Å². The summed E-state index contributed by atoms with van der Waals surface area (Å²) in [5, 5.41) is 0. The summed E-state index contributed by atoms with van der Waals surface area (Å²) < 4.78 is 12.0. The number of ether oxygens (including phenoxy) is 2. The van der Waals surface area contributed by atoms with Gasteiger partial charge in [-0.25, -0.2) is 0 Å². The molecule has 1 aromatic carbocycles. The van der Waals surface area contributed by atoms with E-state index in [1.165, 1.54) is 25.7 Å². The fourth-order valence-electron chi connectivity index (χ4n) is 4.02. The van der Waals surface area contributed by atoms with Crippen LogP contribution in [0.4, 0.5) is 0 Å². The van der Waals surface area contributed by atoms with Gasteiger partial charge in [0.25, 0.3) is 0 Å². The maximum atomic E-state index is 6.79. The largest absolute Gasteiger partial charge is 0.493 e. The van der Waals surface area contributed by atoms with Crippen molar-refractivity contribution in [3.05, 3.63) is 23.8 Å². The molecule has 0 radical (unpaired) electrons. The number of para-hydroxylation sites is 1. The van der Waals surface area contributed by atoms with Crippen molar-refractivity contribution < 1.29 is 9.47 Å². The summed E-state index contributed by atoms with van der Waals surface area (Å²) in [5.41, 5.74) is 7.65. The van der Waals surface area contributed by atoms with Crippen LogP contribution in [0.3, 0.4) is 0 Å². The fraction of sp³-hybridized carbons (Fsp3) is 0.684. The van der Waals surface area contributed by atoms with Gasteiger partial charge in [-0.2, -0.15) is 0 Å². The Labute approximate surface area is 139 Å². The monoisotopic (exact) mass is 318 g/mol. The van der Waals surface area contributed by atoms with Crippen LogP contribution < -0.4 is 15.2 Å². The molecule has 2 aliphatic rings. The van der Waals surface area contributed by atoms with Gasteiger partial charge in [-0.15, -0.1) is 0 Å². The molecule has 2 N–H and O–H groups in total. The fourth-order valence-corrected chi connectivity index (χ4v) is 4.02. The number of hydrogen-bond acceptors (Lipinski definition) is 4. The Bertz CT molecular complexity index is 526. The number of likely N-dealkylation sites (N-methyl/N-ethyl adjacent to an activating group) is 1. The average Bonchev–Trinajstić information content (AvgIpc) is 2.55. The molecule has 128 valence electrons. The third kappa shape index (κ3) is 3.64. The van der Waals surface area contributed by atoms with Gasteiger partial charge in [-0.1, -0.05) is 31.4 Å². The second-order valence-corrected chi connectivity index (χ2v) is 7.20. The van der Waals surface area contributed by atoms with E-state index in [1.54, 1.807) is 7.11 Å². The molecule has 4 nitrogen and oxygen atoms in total. The van der Waals surface area contributed by atoms with Crippen molar-refractivity contribution in [1.82, 2.24) is 4.90 Å². The van der Waals surface area contributed by atoms with Crippen molar-refractivity contribution in [2.24, 2.45) is 5.73 Å². The predicted molar refractivity (Wildman–Crippen MR) is 93.1 cm³/mol. The lowest BCUT2D eigenvalue weighted by Crippen LogP contribution is -2.41. The summed E-state index contributed by atoms with van der Waals surface area (Å²) in [6.07, 6.45) is 8.22. The van der Waals surface area contributed by atoms with Crippen molar-refractivity contribution in [2.75, 3.05) is 27.2 Å². The van der Waals surface area contributed by atoms with Crippen molar-refractivity contribution in [2.45, 2.75) is 56.6 Å². The van der Waals surface area contributed by atoms with Gasteiger partial charge in [0, 0.05) is 17.6 Å². The molecule has 2 fully saturated rings. The Hall–Kier alpha value is -1.26. The smallest absolute Gasteiger partial charge is 0.166 e. The molecular weight excluding hydrogens is 288 g/mol. The highest BCUT2D eigenvalue weighted by Crippen LogP contribution is 2.43. The van der Waals surface area contributed by atoms with Crippen LogP contribution in [0, 0.1) is 0 Å². The summed E-state index contributed by atoms with van der Waals surface area (Å²) in [7, 11) is 3.87. The first-order chi connectivity index (χ1) is 11.1. The topological polar surface area (TPSA) is 47.7 Å². The molecule has 1 aromatic rings. The molecule has 4 heteroatoms. The summed E-state index contributed by atoms with van der Waals surface area (Å²) in [6, 6.07) is 6.16. The van der Waals surface area contributed by atoms with Crippen molar-refractivity contribution in [3.63, 3.8) is 0 Å². The molecule has 23 heavy (non-hydrogen) atoms. The quantitative estimate of drug-likeness (QED) is 0.925. The van der Waals surface area contributed by atoms with Crippen LogP contribution in [0.25, 0.3) is 0 Å². The SMILES string of the molecule is COc1cccc(C2(N)CCCCC2)c1OC1CCCN(C)C1. The van der Waals surface area contributed by atoms with Gasteiger partial charge in [-0.3, -0.25) is 0 Å². The van der Waals surface area contributed by atoms with Crippen LogP contribution in [-0.2, 0) is 5.54 Å². The van der Waals surface area contributed by atoms with Crippen LogP contribution in [0.2, 0.25) is 0 Å². The maximum Gasteiger partial charge on any atom is 0.166 e. The van der Waals surface area contributed by atoms with E-state index in [-0.39, 0.29) is 11.6 Å². The third-order valence-electron chi connectivity index (χ3n) is 5.35. The normalized spacial score (nSPS) is 25.1. The minimum atomic E-state index is -0.275. The first kappa shape index (κ1) is 16.6. The van der Waals surface area contributed by atoms with Gasteiger partial charge in [0.05, 0.1) is 7.11 Å². The second-order valence-electron chi connectivity index (χ2n) is 7.20. The lowest BCUT2D eigenvalue weighted by Gasteiger charge is -2.37. The highest BCUT2D eigenvalue weighted by molar-refractivity contribution is 5.50. The van der Waals surface area contributed by atoms with Gasteiger partial charge < -0.3 is 20.1 Å². The van der Waals surface area contributed by atoms with Gasteiger partial charge in [0.15, 0.2) is 11.5 Å². The van der Waals surface area contributed by atoms with E-state index in [0.29, 0.717) is 0 Å². The zero-order chi connectivity index (χ0) is 16.3. The number of nitrogens with two attached hydrogens (primary N) is 1. The molecule has 0 amide bonds. The van der Waals surface area contributed by atoms with Crippen LogP contribution in [0.5, 0.6) is 11.5 Å². The molecule has 0 spiro atoms. The number of hydrogen-bond donors (Lipinski definition) is 1. The molecular formula is C19H30N2O2. The molecule has 0 aromatic heterocycles. The zero-order valence-electron chi connectivity index (χ0n) is 14.5. The summed E-state index contributed by atoms with van der Waals surface area (Å²) >= 11 is 0. The van der Waals surface area contributed by atoms with Crippen LogP contribution in [0.15, 0.2) is 18.2 Å². The van der Waals surface area contributed by atoms with E-state index < -0.39 is 0 Å². The number of nitrogens with zero attached hydrogens (tertiary/aromatic N) is 1. The van der Waals surface area contributed by atoms with E-state index in [4.69, 9.17) is 15.2 Å². The molecule has 1 saturated heterocycles. The molecule has 1 atom stereocenters. The van der Waals surface area contributed by atoms with Crippen molar-refractivity contribution in [3.8, 4) is 11.5 Å². The van der Waals surface area contributed by atoms with Gasteiger partial charge in [-0.05, 0) is 45.3 Å². The molecule has 1 heterocycles. The maximum absolute atomic E-state index is 6.79. The Kier molecular flexibility index (Phi) is 5.12. The first-order valence-electron chi connectivity index (χ1n) is 8.94. The number of piperidine rings is 1. The summed E-state index contributed by atoms with van der Waals surface area (Å²) in [4.78, 5) is 2.34. The van der Waals surface area contributed by atoms with E-state index in [0.717, 1.165) is 49.4 Å². The second kappa shape index (κ2) is 7.10. The molecule has 1 aliphatic heterocycles. The molecule has 1 saturated carbocycles. The lowest BCUT2D eigenvalue weighted by molar-refractivity contribution is 0.0979. The Morgan fingerprint density at radius 2 is 1.96 bits per heavy atom. The van der Waals surface area contributed by atoms with Gasteiger partial charge in [0.1, 0.15) is 6.10 Å². The van der Waals surface area contributed by atoms with Gasteiger partial charge in [0.2, 0.25) is 0 Å². The van der Waals surface area contributed by atoms with Crippen molar-refractivity contribution in [1.29, 1.82) is 0 Å². The van der Waals surface area contributed by atoms with Gasteiger partial charge >= 0.3 is 0 Å². The Balaban J connectivity index is 1.90. The Morgan fingerprint density at radius 3 is 2.65 bits per heavy atom. The summed E-state index contributed by atoms with van der Waals surface area (Å²) in [5.74, 6) is 1.69. The molecule has 0 bridgehead atoms. The predicted octanol–water partition coefficient (Wildman–Crippen LogP) is 3.29. The summed E-state index contributed by atoms with van der Waals surface area (Å²) in [6.45, 7) is 2.12. The molecule has 1 unspecified atom stereocenters. The van der Waals surface area contributed by atoms with E-state index in [2.05, 4.69) is 18.0 Å². The first-order valence-corrected chi connectivity index (χ1v) is 8.94. The standard InChI is InChI=1S/C19H30N2O2/c1-21-13-7-8-15(14-21)23-18-16(9-6-10-17(18)22-2)19(20)11-4-3-5-12-19/h6,9-10,15H,3-5,7-8,11-14,20H2,1-2H3. The average molecular weight is 318 g/mol. The van der Waals surface area contributed by atoms with E-state index in [1.807, 2.05) is 12.1 Å². The van der Waals surface area contributed by atoms with Crippen LogP contribution in [0.1, 0.15) is 50.5 Å². The Morgan fingerprint density at radius 1 is 1.17 bits per heavy atom. The molecule has 3 rings (SSSR count). The van der Waals surface area contributed by atoms with E-state index >= 15 is 0 Å². The minimum absolute atomic E-state index is 0.219.